The van der Waals surface area contributed by atoms with Crippen molar-refractivity contribution in [2.45, 2.75) is 32.8 Å². The molecular formula is C15H18O2. The van der Waals surface area contributed by atoms with Crippen molar-refractivity contribution >= 4 is 0 Å². The molecule has 17 heavy (non-hydrogen) atoms. The second-order valence-electron chi connectivity index (χ2n) is 4.38. The predicted molar refractivity (Wildman–Crippen MR) is 67.9 cm³/mol. The standard InChI is InChI=1S/C15H18O2/c1-3-12-4-6-13(7-5-12)9-15(16)14-8-11(2)17-10-14/h4-8,10,15-16H,3,9H2,1-2H3. The van der Waals surface area contributed by atoms with Gasteiger partial charge in [-0.1, -0.05) is 31.2 Å². The van der Waals surface area contributed by atoms with Crippen LogP contribution in [0.25, 0.3) is 0 Å². The van der Waals surface area contributed by atoms with Crippen LogP contribution in [0.3, 0.4) is 0 Å². The summed E-state index contributed by atoms with van der Waals surface area (Å²) in [5, 5.41) is 10.1. The SMILES string of the molecule is CCc1ccc(CC(O)c2coc(C)c2)cc1. The van der Waals surface area contributed by atoms with Crippen molar-refractivity contribution in [1.29, 1.82) is 0 Å². The third-order valence-corrected chi connectivity index (χ3v) is 3.00. The summed E-state index contributed by atoms with van der Waals surface area (Å²) >= 11 is 0. The molecule has 1 aromatic carbocycles. The number of aliphatic hydroxyl groups excluding tert-OH is 1. The maximum Gasteiger partial charge on any atom is 0.101 e. The van der Waals surface area contributed by atoms with E-state index in [1.807, 2.05) is 13.0 Å². The largest absolute Gasteiger partial charge is 0.469 e. The number of rotatable bonds is 4. The van der Waals surface area contributed by atoms with E-state index in [1.54, 1.807) is 6.26 Å². The van der Waals surface area contributed by atoms with Crippen LogP contribution >= 0.6 is 0 Å². The average Bonchev–Trinajstić information content (AvgIpc) is 2.77. The Morgan fingerprint density at radius 2 is 1.82 bits per heavy atom. The molecule has 90 valence electrons. The summed E-state index contributed by atoms with van der Waals surface area (Å²) in [4.78, 5) is 0. The molecule has 0 aliphatic carbocycles. The highest BCUT2D eigenvalue weighted by Gasteiger charge is 2.10. The van der Waals surface area contributed by atoms with Crippen molar-refractivity contribution in [3.63, 3.8) is 0 Å². The molecular weight excluding hydrogens is 212 g/mol. The van der Waals surface area contributed by atoms with Crippen molar-refractivity contribution in [3.8, 4) is 0 Å². The summed E-state index contributed by atoms with van der Waals surface area (Å²) in [5.74, 6) is 0.834. The first-order valence-electron chi connectivity index (χ1n) is 6.00. The van der Waals surface area contributed by atoms with Gasteiger partial charge in [-0.25, -0.2) is 0 Å². The van der Waals surface area contributed by atoms with Gasteiger partial charge in [0.05, 0.1) is 12.4 Å². The number of aryl methyl sites for hydroxylation is 2. The second-order valence-corrected chi connectivity index (χ2v) is 4.38. The first-order chi connectivity index (χ1) is 8.19. The summed E-state index contributed by atoms with van der Waals surface area (Å²) in [6.45, 7) is 4.02. The van der Waals surface area contributed by atoms with Crippen molar-refractivity contribution in [2.24, 2.45) is 0 Å². The third kappa shape index (κ3) is 2.98. The molecule has 1 heterocycles. The normalized spacial score (nSPS) is 12.6. The van der Waals surface area contributed by atoms with Gasteiger partial charge >= 0.3 is 0 Å². The molecule has 1 unspecified atom stereocenters. The average molecular weight is 230 g/mol. The van der Waals surface area contributed by atoms with Crippen LogP contribution in [0, 0.1) is 6.92 Å². The van der Waals surface area contributed by atoms with E-state index in [0.29, 0.717) is 6.42 Å². The number of hydrogen-bond acceptors (Lipinski definition) is 2. The molecule has 0 bridgehead atoms. The van der Waals surface area contributed by atoms with Gasteiger partial charge in [-0.3, -0.25) is 0 Å². The summed E-state index contributed by atoms with van der Waals surface area (Å²) in [5.41, 5.74) is 3.32. The zero-order valence-electron chi connectivity index (χ0n) is 10.3. The van der Waals surface area contributed by atoms with E-state index in [4.69, 9.17) is 4.42 Å². The smallest absolute Gasteiger partial charge is 0.101 e. The van der Waals surface area contributed by atoms with Gasteiger partial charge in [0.2, 0.25) is 0 Å². The summed E-state index contributed by atoms with van der Waals surface area (Å²) in [6.07, 6.45) is 2.81. The fraction of sp³-hybridized carbons (Fsp3) is 0.333. The lowest BCUT2D eigenvalue weighted by atomic mass is 10.0. The van der Waals surface area contributed by atoms with Crippen molar-refractivity contribution < 1.29 is 9.52 Å². The molecule has 0 fully saturated rings. The molecule has 0 amide bonds. The van der Waals surface area contributed by atoms with Crippen LogP contribution in [0.1, 0.15) is 35.5 Å². The van der Waals surface area contributed by atoms with Crippen molar-refractivity contribution in [2.75, 3.05) is 0 Å². The molecule has 2 aromatic rings. The molecule has 1 atom stereocenters. The maximum absolute atomic E-state index is 10.1. The van der Waals surface area contributed by atoms with Gasteiger partial charge in [-0.05, 0) is 30.5 Å². The monoisotopic (exact) mass is 230 g/mol. The van der Waals surface area contributed by atoms with Crippen molar-refractivity contribution in [3.05, 3.63) is 59.0 Å². The van der Waals surface area contributed by atoms with Crippen LogP contribution in [0.4, 0.5) is 0 Å². The molecule has 1 N–H and O–H groups in total. The minimum atomic E-state index is -0.486. The quantitative estimate of drug-likeness (QED) is 0.873. The fourth-order valence-electron chi connectivity index (χ4n) is 1.89. The van der Waals surface area contributed by atoms with Gasteiger partial charge in [0.1, 0.15) is 5.76 Å². The Morgan fingerprint density at radius 1 is 1.18 bits per heavy atom. The maximum atomic E-state index is 10.1. The number of furan rings is 1. The van der Waals surface area contributed by atoms with Crippen LogP contribution < -0.4 is 0 Å². The van der Waals surface area contributed by atoms with E-state index in [2.05, 4.69) is 31.2 Å². The number of hydrogen-bond donors (Lipinski definition) is 1. The van der Waals surface area contributed by atoms with E-state index >= 15 is 0 Å². The summed E-state index contributed by atoms with van der Waals surface area (Å²) < 4.78 is 5.20. The Hall–Kier alpha value is -1.54. The van der Waals surface area contributed by atoms with Gasteiger partial charge in [0.15, 0.2) is 0 Å². The molecule has 0 radical (unpaired) electrons. The lowest BCUT2D eigenvalue weighted by Gasteiger charge is -2.08. The fourth-order valence-corrected chi connectivity index (χ4v) is 1.89. The first kappa shape index (κ1) is 11.9. The minimum absolute atomic E-state index is 0.486. The van der Waals surface area contributed by atoms with E-state index in [9.17, 15) is 5.11 Å². The Kier molecular flexibility index (Phi) is 3.64. The Bertz CT molecular complexity index is 468. The molecule has 2 rings (SSSR count). The topological polar surface area (TPSA) is 33.4 Å². The van der Waals surface area contributed by atoms with Crippen LogP contribution in [0.15, 0.2) is 41.0 Å². The molecule has 1 aromatic heterocycles. The predicted octanol–water partition coefficient (Wildman–Crippen LogP) is 3.43. The van der Waals surface area contributed by atoms with E-state index in [1.165, 1.54) is 5.56 Å². The molecule has 0 saturated carbocycles. The molecule has 0 spiro atoms. The van der Waals surface area contributed by atoms with Crippen molar-refractivity contribution in [1.82, 2.24) is 0 Å². The van der Waals surface area contributed by atoms with Crippen LogP contribution in [-0.2, 0) is 12.8 Å². The van der Waals surface area contributed by atoms with Crippen LogP contribution in [-0.4, -0.2) is 5.11 Å². The zero-order valence-corrected chi connectivity index (χ0v) is 10.3. The van der Waals surface area contributed by atoms with Crippen LogP contribution in [0.5, 0.6) is 0 Å². The Labute approximate surface area is 102 Å². The van der Waals surface area contributed by atoms with Gasteiger partial charge < -0.3 is 9.52 Å². The summed E-state index contributed by atoms with van der Waals surface area (Å²) in [7, 11) is 0. The third-order valence-electron chi connectivity index (χ3n) is 3.00. The highest BCUT2D eigenvalue weighted by molar-refractivity contribution is 5.25. The molecule has 2 nitrogen and oxygen atoms in total. The van der Waals surface area contributed by atoms with E-state index < -0.39 is 6.10 Å². The Morgan fingerprint density at radius 3 is 2.35 bits per heavy atom. The lowest BCUT2D eigenvalue weighted by molar-refractivity contribution is 0.177. The molecule has 0 saturated heterocycles. The first-order valence-corrected chi connectivity index (χ1v) is 6.00. The van der Waals surface area contributed by atoms with Gasteiger partial charge in [0.25, 0.3) is 0 Å². The molecule has 2 heteroatoms. The minimum Gasteiger partial charge on any atom is -0.469 e. The van der Waals surface area contributed by atoms with E-state index in [0.717, 1.165) is 23.3 Å². The van der Waals surface area contributed by atoms with E-state index in [-0.39, 0.29) is 0 Å². The molecule has 0 aliphatic heterocycles. The van der Waals surface area contributed by atoms with Gasteiger partial charge in [0, 0.05) is 12.0 Å². The number of aliphatic hydroxyl groups is 1. The zero-order chi connectivity index (χ0) is 12.3. The van der Waals surface area contributed by atoms with Gasteiger partial charge in [-0.2, -0.15) is 0 Å². The lowest BCUT2D eigenvalue weighted by Crippen LogP contribution is -2.00. The number of benzene rings is 1. The summed E-state index contributed by atoms with van der Waals surface area (Å²) in [6, 6.07) is 10.3. The molecule has 0 aliphatic rings. The van der Waals surface area contributed by atoms with Crippen LogP contribution in [0.2, 0.25) is 0 Å². The second kappa shape index (κ2) is 5.19. The van der Waals surface area contributed by atoms with Gasteiger partial charge in [-0.15, -0.1) is 0 Å². The highest BCUT2D eigenvalue weighted by Crippen LogP contribution is 2.20. The highest BCUT2D eigenvalue weighted by atomic mass is 16.3. The Balaban J connectivity index is 2.04.